The molecule has 0 saturated heterocycles. The molecule has 1 aliphatic heterocycles. The number of fused-ring (bicyclic) bond motifs is 1. The van der Waals surface area contributed by atoms with Crippen molar-refractivity contribution in [2.45, 2.75) is 32.1 Å². The van der Waals surface area contributed by atoms with E-state index in [0.717, 1.165) is 19.3 Å². The minimum absolute atomic E-state index is 0.319. The number of ether oxygens (including phenoxy) is 2. The highest BCUT2D eigenvalue weighted by Crippen LogP contribution is 2.36. The van der Waals surface area contributed by atoms with Crippen LogP contribution in [-0.2, 0) is 4.79 Å². The number of aliphatic imine (C=N–C) groups is 1. The number of hydrogen-bond acceptors (Lipinski definition) is 5. The Morgan fingerprint density at radius 2 is 1.79 bits per heavy atom. The number of benzene rings is 2. The number of carbonyl (C=O) groups excluding carboxylic acids is 2. The van der Waals surface area contributed by atoms with Crippen LogP contribution < -0.4 is 14.4 Å². The maximum Gasteiger partial charge on any atom is 0.265 e. The monoisotopic (exact) mass is 394 g/mol. The van der Waals surface area contributed by atoms with Crippen molar-refractivity contribution in [1.29, 1.82) is 0 Å². The molecule has 1 atom stereocenters. The van der Waals surface area contributed by atoms with E-state index in [1.54, 1.807) is 36.5 Å². The molecule has 0 radical (unpaired) electrons. The third-order valence-corrected chi connectivity index (χ3v) is 4.99. The highest BCUT2D eigenvalue weighted by atomic mass is 16.5. The summed E-state index contributed by atoms with van der Waals surface area (Å²) in [4.78, 5) is 32.1. The normalized spacial score (nSPS) is 16.2. The van der Waals surface area contributed by atoms with Crippen LogP contribution in [0.3, 0.4) is 0 Å². The molecular weight excluding hydrogens is 368 g/mol. The molecule has 1 unspecified atom stereocenters. The van der Waals surface area contributed by atoms with Crippen molar-refractivity contribution < 1.29 is 19.1 Å². The van der Waals surface area contributed by atoms with Gasteiger partial charge in [0.15, 0.2) is 11.5 Å². The molecule has 0 aromatic heterocycles. The Kier molecular flexibility index (Phi) is 6.65. The van der Waals surface area contributed by atoms with Gasteiger partial charge in [-0.25, -0.2) is 4.90 Å². The minimum Gasteiger partial charge on any atom is -0.493 e. The van der Waals surface area contributed by atoms with Crippen LogP contribution in [-0.4, -0.2) is 38.8 Å². The van der Waals surface area contributed by atoms with Crippen molar-refractivity contribution in [3.8, 4) is 11.5 Å². The van der Waals surface area contributed by atoms with E-state index < -0.39 is 5.92 Å². The molecule has 3 rings (SSSR count). The van der Waals surface area contributed by atoms with E-state index >= 15 is 0 Å². The maximum absolute atomic E-state index is 13.3. The first-order chi connectivity index (χ1) is 14.1. The second-order valence-corrected chi connectivity index (χ2v) is 6.85. The van der Waals surface area contributed by atoms with E-state index in [4.69, 9.17) is 9.47 Å². The van der Waals surface area contributed by atoms with E-state index in [1.165, 1.54) is 19.1 Å². The molecular formula is C23H26N2O4. The number of rotatable bonds is 8. The summed E-state index contributed by atoms with van der Waals surface area (Å²) < 4.78 is 10.6. The Morgan fingerprint density at radius 1 is 1.03 bits per heavy atom. The summed E-state index contributed by atoms with van der Waals surface area (Å²) in [7, 11) is 3.05. The number of hydrogen-bond donors (Lipinski definition) is 0. The molecule has 0 bridgehead atoms. The smallest absolute Gasteiger partial charge is 0.265 e. The first-order valence-corrected chi connectivity index (χ1v) is 9.81. The first kappa shape index (κ1) is 20.6. The average Bonchev–Trinajstić information content (AvgIpc) is 2.75. The highest BCUT2D eigenvalue weighted by molar-refractivity contribution is 6.29. The summed E-state index contributed by atoms with van der Waals surface area (Å²) in [6, 6.07) is 12.2. The van der Waals surface area contributed by atoms with E-state index in [2.05, 4.69) is 11.9 Å². The summed E-state index contributed by atoms with van der Waals surface area (Å²) in [5.41, 5.74) is 1.64. The Hall–Kier alpha value is -3.15. The third-order valence-electron chi connectivity index (χ3n) is 4.99. The van der Waals surface area contributed by atoms with Gasteiger partial charge in [-0.3, -0.25) is 14.6 Å². The number of amides is 2. The summed E-state index contributed by atoms with van der Waals surface area (Å²) in [6.45, 7) is 2.81. The second kappa shape index (κ2) is 9.37. The van der Waals surface area contributed by atoms with E-state index in [9.17, 15) is 9.59 Å². The van der Waals surface area contributed by atoms with Gasteiger partial charge < -0.3 is 9.47 Å². The lowest BCUT2D eigenvalue weighted by Crippen LogP contribution is -2.45. The van der Waals surface area contributed by atoms with E-state index in [-0.39, 0.29) is 11.8 Å². The highest BCUT2D eigenvalue weighted by Gasteiger charge is 2.39. The van der Waals surface area contributed by atoms with Crippen LogP contribution in [0.4, 0.5) is 5.69 Å². The van der Waals surface area contributed by atoms with Gasteiger partial charge in [-0.05, 0) is 30.2 Å². The molecule has 1 aliphatic rings. The molecule has 0 spiro atoms. The molecule has 6 nitrogen and oxygen atoms in total. The molecule has 6 heteroatoms. The zero-order valence-electron chi connectivity index (χ0n) is 17.1. The minimum atomic E-state index is -0.598. The number of methoxy groups -OCH3 is 2. The molecule has 0 saturated carbocycles. The molecule has 1 heterocycles. The summed E-state index contributed by atoms with van der Waals surface area (Å²) in [5, 5.41) is 0. The van der Waals surface area contributed by atoms with Gasteiger partial charge in [-0.2, -0.15) is 0 Å². The summed E-state index contributed by atoms with van der Waals surface area (Å²) >= 11 is 0. The topological polar surface area (TPSA) is 68.2 Å². The Bertz CT molecular complexity index is 923. The Morgan fingerprint density at radius 3 is 2.52 bits per heavy atom. The Balaban J connectivity index is 1.99. The fourth-order valence-corrected chi connectivity index (χ4v) is 3.44. The zero-order chi connectivity index (χ0) is 20.8. The van der Waals surface area contributed by atoms with Crippen LogP contribution in [0.1, 0.15) is 48.0 Å². The molecule has 0 aliphatic carbocycles. The first-order valence-electron chi connectivity index (χ1n) is 9.81. The molecule has 0 N–H and O–H groups in total. The fraction of sp³-hybridized carbons (Fsp3) is 0.348. The SMILES string of the molecule is CCCCCN=CC1C(=O)N(c2ccc(OC)c(OC)c2)C(=O)c2ccccc21. The van der Waals surface area contributed by atoms with Gasteiger partial charge in [0, 0.05) is 24.4 Å². The van der Waals surface area contributed by atoms with E-state index in [1.807, 2.05) is 12.1 Å². The van der Waals surface area contributed by atoms with Gasteiger partial charge >= 0.3 is 0 Å². The van der Waals surface area contributed by atoms with Crippen LogP contribution in [0.2, 0.25) is 0 Å². The lowest BCUT2D eigenvalue weighted by molar-refractivity contribution is -0.118. The van der Waals surface area contributed by atoms with Crippen molar-refractivity contribution in [2.75, 3.05) is 25.7 Å². The van der Waals surface area contributed by atoms with Gasteiger partial charge in [-0.15, -0.1) is 0 Å². The quantitative estimate of drug-likeness (QED) is 0.382. The van der Waals surface area contributed by atoms with Crippen molar-refractivity contribution in [2.24, 2.45) is 4.99 Å². The van der Waals surface area contributed by atoms with Crippen LogP contribution in [0.5, 0.6) is 11.5 Å². The average molecular weight is 394 g/mol. The largest absolute Gasteiger partial charge is 0.493 e. The number of nitrogens with zero attached hydrogens (tertiary/aromatic N) is 2. The molecule has 2 amide bonds. The predicted octanol–water partition coefficient (Wildman–Crippen LogP) is 4.24. The third kappa shape index (κ3) is 4.16. The lowest BCUT2D eigenvalue weighted by Gasteiger charge is -2.31. The van der Waals surface area contributed by atoms with Crippen molar-refractivity contribution in [1.82, 2.24) is 0 Å². The zero-order valence-corrected chi connectivity index (χ0v) is 17.1. The molecule has 2 aromatic carbocycles. The molecule has 2 aromatic rings. The summed E-state index contributed by atoms with van der Waals surface area (Å²) in [5.74, 6) is -0.288. The van der Waals surface area contributed by atoms with E-state index in [0.29, 0.717) is 34.9 Å². The molecule has 152 valence electrons. The lowest BCUT2D eigenvalue weighted by atomic mass is 9.89. The molecule has 0 fully saturated rings. The number of unbranched alkanes of at least 4 members (excludes halogenated alkanes) is 2. The molecule has 29 heavy (non-hydrogen) atoms. The second-order valence-electron chi connectivity index (χ2n) is 6.85. The van der Waals surface area contributed by atoms with Gasteiger partial charge in [0.1, 0.15) is 0 Å². The van der Waals surface area contributed by atoms with Crippen molar-refractivity contribution >= 4 is 23.7 Å². The van der Waals surface area contributed by atoms with Gasteiger partial charge in [-0.1, -0.05) is 38.0 Å². The van der Waals surface area contributed by atoms with Crippen LogP contribution >= 0.6 is 0 Å². The van der Waals surface area contributed by atoms with Crippen LogP contribution in [0.25, 0.3) is 0 Å². The number of anilines is 1. The van der Waals surface area contributed by atoms with Crippen LogP contribution in [0.15, 0.2) is 47.5 Å². The van der Waals surface area contributed by atoms with Gasteiger partial charge in [0.25, 0.3) is 5.91 Å². The van der Waals surface area contributed by atoms with Gasteiger partial charge in [0.05, 0.1) is 25.8 Å². The Labute approximate surface area is 171 Å². The fourth-order valence-electron chi connectivity index (χ4n) is 3.44. The number of carbonyl (C=O) groups is 2. The van der Waals surface area contributed by atoms with Gasteiger partial charge in [0.2, 0.25) is 5.91 Å². The van der Waals surface area contributed by atoms with Crippen LogP contribution in [0, 0.1) is 0 Å². The predicted molar refractivity (Wildman–Crippen MR) is 113 cm³/mol. The number of imide groups is 1. The van der Waals surface area contributed by atoms with Crippen molar-refractivity contribution in [3.05, 3.63) is 53.6 Å². The van der Waals surface area contributed by atoms with Crippen molar-refractivity contribution in [3.63, 3.8) is 0 Å². The summed E-state index contributed by atoms with van der Waals surface area (Å²) in [6.07, 6.45) is 4.87. The standard InChI is InChI=1S/C23H26N2O4/c1-4-5-8-13-24-15-19-17-9-6-7-10-18(17)22(26)25(23(19)27)16-11-12-20(28-2)21(14-16)29-3/h6-7,9-12,14-15,19H,4-5,8,13H2,1-3H3. The maximum atomic E-state index is 13.3.